The van der Waals surface area contributed by atoms with Crippen LogP contribution in [0.25, 0.3) is 5.69 Å². The van der Waals surface area contributed by atoms with Crippen LogP contribution in [0.5, 0.6) is 0 Å². The van der Waals surface area contributed by atoms with Crippen LogP contribution in [0.1, 0.15) is 16.1 Å². The highest BCUT2D eigenvalue weighted by Gasteiger charge is 2.30. The summed E-state index contributed by atoms with van der Waals surface area (Å²) >= 11 is 1.40. The topological polar surface area (TPSA) is 71.4 Å². The third kappa shape index (κ3) is 3.75. The quantitative estimate of drug-likeness (QED) is 0.724. The van der Waals surface area contributed by atoms with E-state index in [0.29, 0.717) is 24.4 Å². The Bertz CT molecular complexity index is 1040. The molecule has 7 heteroatoms. The van der Waals surface area contributed by atoms with E-state index in [4.69, 9.17) is 0 Å². The number of rotatable bonds is 5. The van der Waals surface area contributed by atoms with Crippen molar-refractivity contribution in [3.63, 3.8) is 0 Å². The summed E-state index contributed by atoms with van der Waals surface area (Å²) in [6.45, 7) is 1.03. The smallest absolute Gasteiger partial charge is 0.261 e. The maximum atomic E-state index is 12.4. The molecule has 1 aromatic carbocycles. The second-order valence-electron chi connectivity index (χ2n) is 6.69. The van der Waals surface area contributed by atoms with Crippen LogP contribution in [0.3, 0.4) is 0 Å². The molecule has 6 nitrogen and oxygen atoms in total. The lowest BCUT2D eigenvalue weighted by Crippen LogP contribution is -2.30. The van der Waals surface area contributed by atoms with E-state index in [9.17, 15) is 14.4 Å². The van der Waals surface area contributed by atoms with E-state index >= 15 is 0 Å². The molecule has 1 aliphatic rings. The molecule has 0 radical (unpaired) electrons. The van der Waals surface area contributed by atoms with Gasteiger partial charge >= 0.3 is 0 Å². The summed E-state index contributed by atoms with van der Waals surface area (Å²) in [5, 5.41) is 4.77. The fourth-order valence-electron chi connectivity index (χ4n) is 3.33. The van der Waals surface area contributed by atoms with E-state index < -0.39 is 0 Å². The Morgan fingerprint density at radius 1 is 1.04 bits per heavy atom. The van der Waals surface area contributed by atoms with Gasteiger partial charge in [0.1, 0.15) is 0 Å². The largest absolute Gasteiger partial charge is 0.351 e. The zero-order valence-corrected chi connectivity index (χ0v) is 15.9. The Balaban J connectivity index is 1.41. The molecule has 1 unspecified atom stereocenters. The SMILES string of the molecule is O=C(NCC1CC(=O)N(c2ccc(-n3ccccc3=O)cc2)C1)c1cccs1. The zero-order chi connectivity index (χ0) is 19.5. The van der Waals surface area contributed by atoms with Crippen molar-refractivity contribution in [3.05, 3.63) is 81.4 Å². The van der Waals surface area contributed by atoms with E-state index in [1.54, 1.807) is 33.9 Å². The molecule has 3 heterocycles. The van der Waals surface area contributed by atoms with E-state index in [1.807, 2.05) is 35.7 Å². The van der Waals surface area contributed by atoms with E-state index in [-0.39, 0.29) is 23.3 Å². The van der Waals surface area contributed by atoms with E-state index in [0.717, 1.165) is 11.4 Å². The molecule has 0 bridgehead atoms. The number of pyridine rings is 1. The van der Waals surface area contributed by atoms with Gasteiger partial charge in [0.2, 0.25) is 5.91 Å². The number of nitrogens with one attached hydrogen (secondary N) is 1. The van der Waals surface area contributed by atoms with Crippen LogP contribution in [0.2, 0.25) is 0 Å². The van der Waals surface area contributed by atoms with Gasteiger partial charge < -0.3 is 10.2 Å². The van der Waals surface area contributed by atoms with Gasteiger partial charge in [-0.25, -0.2) is 0 Å². The van der Waals surface area contributed by atoms with Crippen molar-refractivity contribution in [2.75, 3.05) is 18.0 Å². The second-order valence-corrected chi connectivity index (χ2v) is 7.63. The highest BCUT2D eigenvalue weighted by Crippen LogP contribution is 2.25. The molecule has 1 atom stereocenters. The molecule has 2 aromatic heterocycles. The van der Waals surface area contributed by atoms with Crippen molar-refractivity contribution >= 4 is 28.8 Å². The first kappa shape index (κ1) is 18.2. The predicted octanol–water partition coefficient (Wildman–Crippen LogP) is 2.68. The number of amides is 2. The average Bonchev–Trinajstić information content (AvgIpc) is 3.37. The number of benzene rings is 1. The number of aromatic nitrogens is 1. The molecule has 0 aliphatic carbocycles. The van der Waals surface area contributed by atoms with Crippen LogP contribution in [0.4, 0.5) is 5.69 Å². The predicted molar refractivity (Wildman–Crippen MR) is 109 cm³/mol. The van der Waals surface area contributed by atoms with Crippen LogP contribution in [0, 0.1) is 5.92 Å². The van der Waals surface area contributed by atoms with Crippen LogP contribution in [-0.2, 0) is 4.79 Å². The molecule has 1 aliphatic heterocycles. The third-order valence-electron chi connectivity index (χ3n) is 4.76. The van der Waals surface area contributed by atoms with Crippen LogP contribution >= 0.6 is 11.3 Å². The molecule has 1 N–H and O–H groups in total. The standard InChI is InChI=1S/C21H19N3O3S/c25-19-5-1-2-10-23(19)16-6-8-17(9-7-16)24-14-15(12-20(24)26)13-22-21(27)18-4-3-11-28-18/h1-11,15H,12-14H2,(H,22,27). The van der Waals surface area contributed by atoms with Gasteiger partial charge in [-0.15, -0.1) is 11.3 Å². The molecule has 0 spiro atoms. The molecule has 3 aromatic rings. The first-order valence-corrected chi connectivity index (χ1v) is 9.90. The Hall–Kier alpha value is -3.19. The first-order valence-electron chi connectivity index (χ1n) is 9.02. The average molecular weight is 393 g/mol. The lowest BCUT2D eigenvalue weighted by Gasteiger charge is -2.17. The highest BCUT2D eigenvalue weighted by molar-refractivity contribution is 7.12. The maximum absolute atomic E-state index is 12.4. The molecule has 142 valence electrons. The fraction of sp³-hybridized carbons (Fsp3) is 0.190. The number of anilines is 1. The minimum Gasteiger partial charge on any atom is -0.351 e. The zero-order valence-electron chi connectivity index (χ0n) is 15.1. The number of carbonyl (C=O) groups is 2. The number of nitrogens with zero attached hydrogens (tertiary/aromatic N) is 2. The van der Waals surface area contributed by atoms with Crippen molar-refractivity contribution in [2.24, 2.45) is 5.92 Å². The Kier molecular flexibility index (Phi) is 5.08. The summed E-state index contributed by atoms with van der Waals surface area (Å²) in [4.78, 5) is 38.8. The molecular formula is C21H19N3O3S. The normalized spacial score (nSPS) is 16.4. The molecule has 0 saturated carbocycles. The van der Waals surface area contributed by atoms with Crippen molar-refractivity contribution in [2.45, 2.75) is 6.42 Å². The minimum absolute atomic E-state index is 0.0417. The molecule has 4 rings (SSSR count). The van der Waals surface area contributed by atoms with Crippen LogP contribution < -0.4 is 15.8 Å². The summed E-state index contributed by atoms with van der Waals surface area (Å²) in [6, 6.07) is 16.0. The lowest BCUT2D eigenvalue weighted by atomic mass is 10.1. The van der Waals surface area contributed by atoms with Crippen molar-refractivity contribution in [3.8, 4) is 5.69 Å². The highest BCUT2D eigenvalue weighted by atomic mass is 32.1. The van der Waals surface area contributed by atoms with Crippen LogP contribution in [0.15, 0.2) is 71.0 Å². The molecule has 1 fully saturated rings. The maximum Gasteiger partial charge on any atom is 0.261 e. The van der Waals surface area contributed by atoms with Gasteiger partial charge in [0.25, 0.3) is 11.5 Å². The molecule has 2 amide bonds. The van der Waals surface area contributed by atoms with Gasteiger partial charge in [0.15, 0.2) is 0 Å². The molecular weight excluding hydrogens is 374 g/mol. The summed E-state index contributed by atoms with van der Waals surface area (Å²) < 4.78 is 1.55. The molecule has 28 heavy (non-hydrogen) atoms. The monoisotopic (exact) mass is 393 g/mol. The summed E-state index contributed by atoms with van der Waals surface area (Å²) in [7, 11) is 0. The van der Waals surface area contributed by atoms with Gasteiger partial charge in [0, 0.05) is 49.1 Å². The first-order chi connectivity index (χ1) is 13.6. The number of thiophene rings is 1. The van der Waals surface area contributed by atoms with Gasteiger partial charge in [-0.1, -0.05) is 12.1 Å². The summed E-state index contributed by atoms with van der Waals surface area (Å²) in [6.07, 6.45) is 2.12. The Morgan fingerprint density at radius 3 is 2.54 bits per heavy atom. The third-order valence-corrected chi connectivity index (χ3v) is 5.63. The second kappa shape index (κ2) is 7.82. The van der Waals surface area contributed by atoms with Crippen molar-refractivity contribution in [1.82, 2.24) is 9.88 Å². The number of carbonyl (C=O) groups excluding carboxylic acids is 2. The Labute approximate surface area is 166 Å². The van der Waals surface area contributed by atoms with Crippen LogP contribution in [-0.4, -0.2) is 29.5 Å². The number of hydrogen-bond acceptors (Lipinski definition) is 4. The van der Waals surface area contributed by atoms with Gasteiger partial charge in [-0.05, 0) is 41.8 Å². The summed E-state index contributed by atoms with van der Waals surface area (Å²) in [5.74, 6) is 0.0198. The van der Waals surface area contributed by atoms with E-state index in [2.05, 4.69) is 5.32 Å². The van der Waals surface area contributed by atoms with Gasteiger partial charge in [-0.3, -0.25) is 19.0 Å². The van der Waals surface area contributed by atoms with Crippen molar-refractivity contribution < 1.29 is 9.59 Å². The van der Waals surface area contributed by atoms with Crippen molar-refractivity contribution in [1.29, 1.82) is 0 Å². The lowest BCUT2D eigenvalue weighted by molar-refractivity contribution is -0.117. The van der Waals surface area contributed by atoms with E-state index in [1.165, 1.54) is 17.4 Å². The fourth-order valence-corrected chi connectivity index (χ4v) is 3.97. The minimum atomic E-state index is -0.103. The summed E-state index contributed by atoms with van der Waals surface area (Å²) in [5.41, 5.74) is 1.44. The van der Waals surface area contributed by atoms with Gasteiger partial charge in [0.05, 0.1) is 4.88 Å². The molecule has 1 saturated heterocycles. The Morgan fingerprint density at radius 2 is 1.82 bits per heavy atom. The number of hydrogen-bond donors (Lipinski definition) is 1. The van der Waals surface area contributed by atoms with Gasteiger partial charge in [-0.2, -0.15) is 0 Å².